The summed E-state index contributed by atoms with van der Waals surface area (Å²) in [5.41, 5.74) is 1.06. The fourth-order valence-electron chi connectivity index (χ4n) is 2.39. The van der Waals surface area contributed by atoms with E-state index >= 15 is 0 Å². The van der Waals surface area contributed by atoms with Crippen molar-refractivity contribution in [2.45, 2.75) is 38.8 Å². The lowest BCUT2D eigenvalue weighted by atomic mass is 10.0. The Morgan fingerprint density at radius 3 is 2.57 bits per heavy atom. The van der Waals surface area contributed by atoms with Gasteiger partial charge < -0.3 is 15.7 Å². The van der Waals surface area contributed by atoms with Gasteiger partial charge >= 0.3 is 6.03 Å². The lowest BCUT2D eigenvalue weighted by Crippen LogP contribution is -2.37. The summed E-state index contributed by atoms with van der Waals surface area (Å²) in [6.07, 6.45) is 2.39. The van der Waals surface area contributed by atoms with E-state index in [-0.39, 0.29) is 18.7 Å². The number of urea groups is 1. The predicted octanol–water partition coefficient (Wildman–Crippen LogP) is 3.62. The van der Waals surface area contributed by atoms with E-state index in [1.807, 2.05) is 30.3 Å². The highest BCUT2D eigenvalue weighted by atomic mass is 32.1. The Balaban J connectivity index is 1.89. The van der Waals surface area contributed by atoms with E-state index in [1.165, 1.54) is 4.88 Å². The third kappa shape index (κ3) is 5.69. The molecule has 3 N–H and O–H groups in total. The van der Waals surface area contributed by atoms with E-state index in [2.05, 4.69) is 29.7 Å². The molecule has 0 spiro atoms. The van der Waals surface area contributed by atoms with Gasteiger partial charge in [0, 0.05) is 16.4 Å². The van der Waals surface area contributed by atoms with E-state index in [9.17, 15) is 4.79 Å². The summed E-state index contributed by atoms with van der Waals surface area (Å²) in [7, 11) is 0. The number of aliphatic hydroxyl groups is 1. The average molecular weight is 332 g/mol. The second-order valence-electron chi connectivity index (χ2n) is 5.38. The quantitative estimate of drug-likeness (QED) is 0.691. The van der Waals surface area contributed by atoms with Gasteiger partial charge in [-0.1, -0.05) is 37.3 Å². The second kappa shape index (κ2) is 9.33. The molecule has 2 rings (SSSR count). The molecule has 0 radical (unpaired) electrons. The first-order valence-electron chi connectivity index (χ1n) is 8.00. The van der Waals surface area contributed by atoms with E-state index in [1.54, 1.807) is 11.3 Å². The zero-order valence-corrected chi connectivity index (χ0v) is 14.2. The number of aryl methyl sites for hydroxylation is 1. The van der Waals surface area contributed by atoms with Gasteiger partial charge in [0.15, 0.2) is 0 Å². The summed E-state index contributed by atoms with van der Waals surface area (Å²) in [5, 5.41) is 15.0. The number of carbonyl (C=O) groups is 1. The Morgan fingerprint density at radius 2 is 1.91 bits per heavy atom. The highest BCUT2D eigenvalue weighted by molar-refractivity contribution is 7.11. The minimum absolute atomic E-state index is 0.0853. The van der Waals surface area contributed by atoms with Crippen molar-refractivity contribution in [2.75, 3.05) is 6.61 Å². The van der Waals surface area contributed by atoms with Gasteiger partial charge in [0.1, 0.15) is 0 Å². The van der Waals surface area contributed by atoms with Crippen LogP contribution in [0, 0.1) is 0 Å². The lowest BCUT2D eigenvalue weighted by Gasteiger charge is -2.19. The monoisotopic (exact) mass is 332 g/mol. The Labute approximate surface area is 141 Å². The Kier molecular flexibility index (Phi) is 7.10. The maximum atomic E-state index is 12.2. The zero-order chi connectivity index (χ0) is 16.5. The summed E-state index contributed by atoms with van der Waals surface area (Å²) in [6.45, 7) is 2.79. The highest BCUT2D eigenvalue weighted by Crippen LogP contribution is 2.19. The number of amides is 2. The predicted molar refractivity (Wildman–Crippen MR) is 94.6 cm³/mol. The number of nitrogens with one attached hydrogen (secondary N) is 2. The summed E-state index contributed by atoms with van der Waals surface area (Å²) in [5.74, 6) is 0. The van der Waals surface area contributed by atoms with Crippen LogP contribution in [0.25, 0.3) is 0 Å². The van der Waals surface area contributed by atoms with Crippen molar-refractivity contribution in [2.24, 2.45) is 0 Å². The second-order valence-corrected chi connectivity index (χ2v) is 6.63. The maximum absolute atomic E-state index is 12.2. The normalized spacial score (nSPS) is 11.9. The van der Waals surface area contributed by atoms with Gasteiger partial charge in [-0.2, -0.15) is 0 Å². The smallest absolute Gasteiger partial charge is 0.315 e. The first-order chi connectivity index (χ1) is 11.2. The van der Waals surface area contributed by atoms with Crippen molar-refractivity contribution in [1.82, 2.24) is 10.6 Å². The van der Waals surface area contributed by atoms with Crippen LogP contribution in [0.4, 0.5) is 4.79 Å². The standard InChI is InChI=1S/C18H24N2O2S/c1-2-15-10-11-16(23-15)13-19-18(22)20-17(9-6-12-21)14-7-4-3-5-8-14/h3-5,7-8,10-11,17,21H,2,6,9,12-13H2,1H3,(H2,19,20,22). The molecule has 5 heteroatoms. The molecule has 0 aliphatic rings. The molecule has 1 aromatic heterocycles. The molecular formula is C18H24N2O2S. The number of thiophene rings is 1. The van der Waals surface area contributed by atoms with Crippen molar-refractivity contribution in [3.63, 3.8) is 0 Å². The van der Waals surface area contributed by atoms with E-state index < -0.39 is 0 Å². The van der Waals surface area contributed by atoms with E-state index in [0.29, 0.717) is 19.4 Å². The molecule has 0 saturated heterocycles. The van der Waals surface area contributed by atoms with Crippen LogP contribution in [0.3, 0.4) is 0 Å². The Bertz CT molecular complexity index is 598. The SMILES string of the molecule is CCc1ccc(CNC(=O)NC(CCCO)c2ccccc2)s1. The fraction of sp³-hybridized carbons (Fsp3) is 0.389. The van der Waals surface area contributed by atoms with Crippen molar-refractivity contribution < 1.29 is 9.90 Å². The van der Waals surface area contributed by atoms with Gasteiger partial charge in [-0.25, -0.2) is 4.79 Å². The molecule has 0 fully saturated rings. The maximum Gasteiger partial charge on any atom is 0.315 e. The Hall–Kier alpha value is -1.85. The zero-order valence-electron chi connectivity index (χ0n) is 13.4. The number of aliphatic hydroxyl groups excluding tert-OH is 1. The van der Waals surface area contributed by atoms with Crippen LogP contribution in [0.1, 0.15) is 41.1 Å². The molecule has 2 amide bonds. The summed E-state index contributed by atoms with van der Waals surface area (Å²) in [4.78, 5) is 14.6. The van der Waals surface area contributed by atoms with Gasteiger partial charge in [0.05, 0.1) is 12.6 Å². The number of rotatable bonds is 8. The summed E-state index contributed by atoms with van der Waals surface area (Å²) >= 11 is 1.73. The molecule has 0 aliphatic carbocycles. The Morgan fingerprint density at radius 1 is 1.17 bits per heavy atom. The minimum Gasteiger partial charge on any atom is -0.396 e. The fourth-order valence-corrected chi connectivity index (χ4v) is 3.28. The molecule has 1 atom stereocenters. The van der Waals surface area contributed by atoms with Crippen molar-refractivity contribution in [3.8, 4) is 0 Å². The molecule has 23 heavy (non-hydrogen) atoms. The molecular weight excluding hydrogens is 308 g/mol. The van der Waals surface area contributed by atoms with Gasteiger partial charge in [-0.05, 0) is 37.0 Å². The highest BCUT2D eigenvalue weighted by Gasteiger charge is 2.14. The summed E-state index contributed by atoms with van der Waals surface area (Å²) < 4.78 is 0. The van der Waals surface area contributed by atoms with E-state index in [0.717, 1.165) is 16.9 Å². The lowest BCUT2D eigenvalue weighted by molar-refractivity contribution is 0.233. The minimum atomic E-state index is -0.178. The van der Waals surface area contributed by atoms with Crippen LogP contribution in [-0.4, -0.2) is 17.7 Å². The molecule has 4 nitrogen and oxygen atoms in total. The molecule has 124 valence electrons. The van der Waals surface area contributed by atoms with Crippen LogP contribution in [-0.2, 0) is 13.0 Å². The van der Waals surface area contributed by atoms with Gasteiger partial charge in [-0.15, -0.1) is 11.3 Å². The van der Waals surface area contributed by atoms with Crippen molar-refractivity contribution in [1.29, 1.82) is 0 Å². The van der Waals surface area contributed by atoms with Gasteiger partial charge in [0.25, 0.3) is 0 Å². The molecule has 1 heterocycles. The molecule has 0 aliphatic heterocycles. The molecule has 1 unspecified atom stereocenters. The third-order valence-corrected chi connectivity index (χ3v) is 4.88. The van der Waals surface area contributed by atoms with Crippen molar-refractivity contribution in [3.05, 3.63) is 57.8 Å². The van der Waals surface area contributed by atoms with Gasteiger partial charge in [0.2, 0.25) is 0 Å². The first kappa shape index (κ1) is 17.5. The van der Waals surface area contributed by atoms with Gasteiger partial charge in [-0.3, -0.25) is 0 Å². The van der Waals surface area contributed by atoms with Crippen molar-refractivity contribution >= 4 is 17.4 Å². The van der Waals surface area contributed by atoms with Crippen LogP contribution in [0.15, 0.2) is 42.5 Å². The molecule has 2 aromatic rings. The number of carbonyl (C=O) groups excluding carboxylic acids is 1. The van der Waals surface area contributed by atoms with Crippen LogP contribution < -0.4 is 10.6 Å². The van der Waals surface area contributed by atoms with Crippen LogP contribution in [0.5, 0.6) is 0 Å². The third-order valence-electron chi connectivity index (χ3n) is 3.65. The van der Waals surface area contributed by atoms with Crippen LogP contribution >= 0.6 is 11.3 Å². The number of benzene rings is 1. The van der Waals surface area contributed by atoms with E-state index in [4.69, 9.17) is 5.11 Å². The van der Waals surface area contributed by atoms with Crippen LogP contribution in [0.2, 0.25) is 0 Å². The molecule has 0 bridgehead atoms. The molecule has 1 aromatic carbocycles. The number of hydrogen-bond donors (Lipinski definition) is 3. The first-order valence-corrected chi connectivity index (χ1v) is 8.82. The number of hydrogen-bond acceptors (Lipinski definition) is 3. The molecule has 0 saturated carbocycles. The topological polar surface area (TPSA) is 61.4 Å². The average Bonchev–Trinajstić information content (AvgIpc) is 3.05. The largest absolute Gasteiger partial charge is 0.396 e. The summed E-state index contributed by atoms with van der Waals surface area (Å²) in [6, 6.07) is 13.8.